The zero-order valence-electron chi connectivity index (χ0n) is 19.6. The van der Waals surface area contributed by atoms with Gasteiger partial charge in [-0.25, -0.2) is 4.98 Å². The zero-order chi connectivity index (χ0) is 23.9. The normalized spacial score (nSPS) is 18.9. The van der Waals surface area contributed by atoms with E-state index >= 15 is 0 Å². The number of nitrogens with zero attached hydrogens (tertiary/aromatic N) is 5. The third-order valence-corrected chi connectivity index (χ3v) is 8.28. The fourth-order valence-corrected chi connectivity index (χ4v) is 6.48. The number of benzene rings is 1. The summed E-state index contributed by atoms with van der Waals surface area (Å²) in [5.41, 5.74) is 1.38. The van der Waals surface area contributed by atoms with Crippen LogP contribution in [0.2, 0.25) is 0 Å². The van der Waals surface area contributed by atoms with E-state index in [2.05, 4.69) is 45.6 Å². The van der Waals surface area contributed by atoms with Crippen LogP contribution >= 0.6 is 11.3 Å². The van der Waals surface area contributed by atoms with Crippen molar-refractivity contribution in [3.63, 3.8) is 0 Å². The first-order chi connectivity index (χ1) is 17.1. The largest absolute Gasteiger partial charge is 0.358 e. The molecular weight excluding hydrogens is 458 g/mol. The fraction of sp³-hybridized carbons (Fsp3) is 0.385. The molecule has 0 bridgehead atoms. The highest BCUT2D eigenvalue weighted by Gasteiger charge is 2.23. The molecule has 2 aliphatic rings. The topological polar surface area (TPSA) is 98.9 Å². The Hall–Kier alpha value is -3.48. The van der Waals surface area contributed by atoms with Gasteiger partial charge in [-0.3, -0.25) is 9.36 Å². The van der Waals surface area contributed by atoms with Crippen LogP contribution in [0.4, 0.5) is 16.6 Å². The van der Waals surface area contributed by atoms with Crippen LogP contribution in [0.25, 0.3) is 21.1 Å². The van der Waals surface area contributed by atoms with Crippen LogP contribution in [0.1, 0.15) is 44.2 Å². The molecule has 1 saturated heterocycles. The van der Waals surface area contributed by atoms with E-state index in [1.807, 2.05) is 23.5 Å². The maximum atomic E-state index is 13.0. The second kappa shape index (κ2) is 8.95. The van der Waals surface area contributed by atoms with Crippen LogP contribution in [-0.2, 0) is 0 Å². The minimum atomic E-state index is -0.258. The molecule has 1 saturated carbocycles. The summed E-state index contributed by atoms with van der Waals surface area (Å²) in [6.45, 7) is 5.28. The van der Waals surface area contributed by atoms with Crippen LogP contribution in [0.15, 0.2) is 41.3 Å². The summed E-state index contributed by atoms with van der Waals surface area (Å²) < 4.78 is 2.96. The number of thiophene rings is 1. The molecule has 2 fully saturated rings. The summed E-state index contributed by atoms with van der Waals surface area (Å²) in [6, 6.07) is 12.7. The third-order valence-electron chi connectivity index (χ3n) is 7.13. The Morgan fingerprint density at radius 3 is 2.86 bits per heavy atom. The summed E-state index contributed by atoms with van der Waals surface area (Å²) in [5.74, 6) is 0.443. The van der Waals surface area contributed by atoms with Gasteiger partial charge in [0.1, 0.15) is 17.3 Å². The number of piperazine rings is 1. The van der Waals surface area contributed by atoms with Crippen LogP contribution in [0.5, 0.6) is 0 Å². The Morgan fingerprint density at radius 2 is 2.06 bits per heavy atom. The van der Waals surface area contributed by atoms with Gasteiger partial charge in [0.25, 0.3) is 5.56 Å². The van der Waals surface area contributed by atoms with Gasteiger partial charge in [0.2, 0.25) is 5.95 Å². The molecule has 178 valence electrons. The first-order valence-corrected chi connectivity index (χ1v) is 13.0. The molecule has 1 aliphatic heterocycles. The molecular formula is C26H27N7OS. The summed E-state index contributed by atoms with van der Waals surface area (Å²) in [5, 5.41) is 19.4. The molecule has 1 aromatic carbocycles. The van der Waals surface area contributed by atoms with E-state index in [9.17, 15) is 10.1 Å². The number of rotatable bonds is 4. The van der Waals surface area contributed by atoms with E-state index in [1.54, 1.807) is 16.8 Å². The minimum Gasteiger partial charge on any atom is -0.358 e. The summed E-state index contributed by atoms with van der Waals surface area (Å²) in [7, 11) is 0. The number of hydrogen-bond acceptors (Lipinski definition) is 8. The molecule has 8 nitrogen and oxygen atoms in total. The average Bonchev–Trinajstić information content (AvgIpc) is 3.54. The molecule has 4 aromatic rings. The SMILES string of the molecule is C[C@H]1CNCCN1c1cc2cc(Nc3ncc4cc(C#N)c(=O)n(C5CCCC5)c4n3)ccc2s1. The number of fused-ring (bicyclic) bond motifs is 2. The van der Waals surface area contributed by atoms with E-state index in [0.717, 1.165) is 51.0 Å². The second-order valence-corrected chi connectivity index (χ2v) is 10.5. The molecule has 1 aliphatic carbocycles. The standard InChI is InChI=1S/C26H27N7OS/c1-16-14-28-8-9-32(16)23-12-17-11-20(6-7-22(17)35-23)30-26-29-15-19-10-18(13-27)25(34)33(24(19)31-26)21-4-2-3-5-21/h6-7,10-12,15-16,21,28H,2-5,8-9,14H2,1H3,(H,29,30,31)/t16-/m0/s1. The Bertz CT molecular complexity index is 1510. The number of nitrogens with one attached hydrogen (secondary N) is 2. The van der Waals surface area contributed by atoms with Crippen molar-refractivity contribution in [3.05, 3.63) is 52.4 Å². The monoisotopic (exact) mass is 485 g/mol. The number of nitriles is 1. The molecule has 9 heteroatoms. The smallest absolute Gasteiger partial charge is 0.270 e. The lowest BCUT2D eigenvalue weighted by Crippen LogP contribution is -2.49. The van der Waals surface area contributed by atoms with Crippen LogP contribution in [0, 0.1) is 11.3 Å². The average molecular weight is 486 g/mol. The van der Waals surface area contributed by atoms with E-state index < -0.39 is 0 Å². The van der Waals surface area contributed by atoms with Gasteiger partial charge in [0.15, 0.2) is 0 Å². The Balaban J connectivity index is 1.34. The van der Waals surface area contributed by atoms with Crippen LogP contribution in [0.3, 0.4) is 0 Å². The van der Waals surface area contributed by atoms with Crippen molar-refractivity contribution in [1.29, 1.82) is 5.26 Å². The molecule has 4 heterocycles. The highest BCUT2D eigenvalue weighted by atomic mass is 32.1. The Morgan fingerprint density at radius 1 is 1.20 bits per heavy atom. The number of pyridine rings is 1. The van der Waals surface area contributed by atoms with Crippen molar-refractivity contribution in [2.24, 2.45) is 0 Å². The van der Waals surface area contributed by atoms with E-state index in [1.165, 1.54) is 15.1 Å². The fourth-order valence-electron chi connectivity index (χ4n) is 5.31. The molecule has 0 radical (unpaired) electrons. The molecule has 1 atom stereocenters. The summed E-state index contributed by atoms with van der Waals surface area (Å²) in [6.07, 6.45) is 5.73. The number of anilines is 3. The summed E-state index contributed by atoms with van der Waals surface area (Å²) >= 11 is 1.82. The molecule has 35 heavy (non-hydrogen) atoms. The van der Waals surface area contributed by atoms with Gasteiger partial charge in [0, 0.05) is 53.7 Å². The van der Waals surface area contributed by atoms with E-state index in [4.69, 9.17) is 4.98 Å². The molecule has 6 rings (SSSR count). The van der Waals surface area contributed by atoms with Crippen molar-refractivity contribution in [2.75, 3.05) is 29.9 Å². The number of hydrogen-bond donors (Lipinski definition) is 2. The highest BCUT2D eigenvalue weighted by molar-refractivity contribution is 7.22. The lowest BCUT2D eigenvalue weighted by molar-refractivity contribution is 0.503. The Labute approximate surface area is 207 Å². The molecule has 3 aromatic heterocycles. The maximum Gasteiger partial charge on any atom is 0.270 e. The predicted octanol–water partition coefficient (Wildman–Crippen LogP) is 4.53. The Kier molecular flexibility index (Phi) is 5.63. The van der Waals surface area contributed by atoms with Gasteiger partial charge in [-0.2, -0.15) is 10.2 Å². The van der Waals surface area contributed by atoms with Gasteiger partial charge in [-0.1, -0.05) is 12.8 Å². The highest BCUT2D eigenvalue weighted by Crippen LogP contribution is 2.36. The van der Waals surface area contributed by atoms with E-state index in [0.29, 0.717) is 23.0 Å². The summed E-state index contributed by atoms with van der Waals surface area (Å²) in [4.78, 5) is 24.7. The molecule has 0 amide bonds. The van der Waals surface area contributed by atoms with Crippen molar-refractivity contribution < 1.29 is 0 Å². The predicted molar refractivity (Wildman–Crippen MR) is 141 cm³/mol. The maximum absolute atomic E-state index is 13.0. The van der Waals surface area contributed by atoms with Gasteiger partial charge in [0.05, 0.1) is 5.00 Å². The van der Waals surface area contributed by atoms with E-state index in [-0.39, 0.29) is 17.2 Å². The van der Waals surface area contributed by atoms with Crippen molar-refractivity contribution in [3.8, 4) is 6.07 Å². The molecule has 0 unspecified atom stereocenters. The first-order valence-electron chi connectivity index (χ1n) is 12.2. The van der Waals surface area contributed by atoms with Crippen molar-refractivity contribution >= 4 is 49.1 Å². The van der Waals surface area contributed by atoms with Crippen LogP contribution < -0.4 is 21.1 Å². The zero-order valence-corrected chi connectivity index (χ0v) is 20.4. The molecule has 0 spiro atoms. The van der Waals surface area contributed by atoms with Crippen molar-refractivity contribution in [1.82, 2.24) is 19.9 Å². The second-order valence-electron chi connectivity index (χ2n) is 9.46. The van der Waals surface area contributed by atoms with Gasteiger partial charge >= 0.3 is 0 Å². The van der Waals surface area contributed by atoms with Gasteiger partial charge in [-0.05, 0) is 55.5 Å². The van der Waals surface area contributed by atoms with Crippen LogP contribution in [-0.4, -0.2) is 40.2 Å². The number of aromatic nitrogens is 3. The minimum absolute atomic E-state index is 0.0778. The molecule has 2 N–H and O–H groups in total. The quantitative estimate of drug-likeness (QED) is 0.438. The lowest BCUT2D eigenvalue weighted by atomic mass is 10.2. The van der Waals surface area contributed by atoms with Gasteiger partial charge < -0.3 is 15.5 Å². The first kappa shape index (κ1) is 22.0. The lowest BCUT2D eigenvalue weighted by Gasteiger charge is -2.34. The van der Waals surface area contributed by atoms with Gasteiger partial charge in [-0.15, -0.1) is 11.3 Å². The van der Waals surface area contributed by atoms with Crippen molar-refractivity contribution in [2.45, 2.75) is 44.7 Å². The third kappa shape index (κ3) is 4.03.